The molecule has 1 fully saturated rings. The first kappa shape index (κ1) is 9.40. The van der Waals surface area contributed by atoms with Gasteiger partial charge in [0.2, 0.25) is 5.91 Å². The van der Waals surface area contributed by atoms with Crippen LogP contribution in [0.1, 0.15) is 24.6 Å². The first-order valence-corrected chi connectivity index (χ1v) is 5.01. The highest BCUT2D eigenvalue weighted by molar-refractivity contribution is 6.29. The fourth-order valence-electron chi connectivity index (χ4n) is 1.15. The summed E-state index contributed by atoms with van der Waals surface area (Å²) in [6, 6.07) is 0. The minimum atomic E-state index is -0.241. The van der Waals surface area contributed by atoms with Crippen LogP contribution >= 0.6 is 11.6 Å². The molecule has 1 aromatic heterocycles. The summed E-state index contributed by atoms with van der Waals surface area (Å²) < 4.78 is 0. The van der Waals surface area contributed by atoms with E-state index in [-0.39, 0.29) is 11.8 Å². The first-order chi connectivity index (χ1) is 6.79. The summed E-state index contributed by atoms with van der Waals surface area (Å²) in [7, 11) is 0. The van der Waals surface area contributed by atoms with Crippen LogP contribution in [0.4, 0.5) is 5.69 Å². The van der Waals surface area contributed by atoms with Crippen LogP contribution < -0.4 is 5.32 Å². The average Bonchev–Trinajstić information content (AvgIpc) is 3.02. The monoisotopic (exact) mass is 211 g/mol. The van der Waals surface area contributed by atoms with E-state index in [0.29, 0.717) is 11.6 Å². The summed E-state index contributed by atoms with van der Waals surface area (Å²) in [6.45, 7) is 0. The number of anilines is 1. The van der Waals surface area contributed by atoms with Gasteiger partial charge in [-0.05, 0) is 12.8 Å². The highest BCUT2D eigenvalue weighted by atomic mass is 35.5. The Bertz CT molecular complexity index is 334. The van der Waals surface area contributed by atoms with Crippen LogP contribution in [0.25, 0.3) is 0 Å². The smallest absolute Gasteiger partial charge is 0.239 e. The lowest BCUT2D eigenvalue weighted by Crippen LogP contribution is -2.13. The van der Waals surface area contributed by atoms with Crippen molar-refractivity contribution in [2.45, 2.75) is 18.8 Å². The molecule has 0 aromatic carbocycles. The van der Waals surface area contributed by atoms with Gasteiger partial charge in [-0.3, -0.25) is 4.79 Å². The number of alkyl halides is 1. The largest absolute Gasteiger partial charge is 0.322 e. The number of amides is 1. The number of nitrogens with zero attached hydrogens (tertiary/aromatic N) is 2. The van der Waals surface area contributed by atoms with Crippen LogP contribution in [0.2, 0.25) is 0 Å². The molecule has 1 aliphatic carbocycles. The van der Waals surface area contributed by atoms with Crippen LogP contribution in [0, 0.1) is 0 Å². The number of halogens is 1. The number of aromatic nitrogens is 2. The average molecular weight is 212 g/mol. The van der Waals surface area contributed by atoms with Crippen molar-refractivity contribution in [1.29, 1.82) is 0 Å². The molecule has 0 saturated heterocycles. The molecule has 1 aromatic rings. The first-order valence-electron chi connectivity index (χ1n) is 4.47. The molecule has 1 heterocycles. The van der Waals surface area contributed by atoms with Crippen LogP contribution in [0.3, 0.4) is 0 Å². The van der Waals surface area contributed by atoms with Crippen molar-refractivity contribution in [2.75, 3.05) is 11.2 Å². The Morgan fingerprint density at radius 3 is 2.64 bits per heavy atom. The molecular formula is C9H10ClN3O. The summed E-state index contributed by atoms with van der Waals surface area (Å²) >= 11 is 5.34. The van der Waals surface area contributed by atoms with Crippen LogP contribution in [-0.4, -0.2) is 21.8 Å². The molecule has 1 amide bonds. The van der Waals surface area contributed by atoms with Gasteiger partial charge in [-0.1, -0.05) is 0 Å². The highest BCUT2D eigenvalue weighted by Crippen LogP contribution is 2.37. The van der Waals surface area contributed by atoms with E-state index in [2.05, 4.69) is 15.3 Å². The second-order valence-electron chi connectivity index (χ2n) is 3.29. The maximum atomic E-state index is 10.9. The molecule has 0 atom stereocenters. The van der Waals surface area contributed by atoms with Crippen LogP contribution in [-0.2, 0) is 4.79 Å². The maximum absolute atomic E-state index is 10.9. The lowest BCUT2D eigenvalue weighted by Gasteiger charge is -2.02. The Morgan fingerprint density at radius 2 is 2.14 bits per heavy atom. The van der Waals surface area contributed by atoms with Crippen molar-refractivity contribution in [1.82, 2.24) is 9.97 Å². The summed E-state index contributed by atoms with van der Waals surface area (Å²) in [5, 5.41) is 2.58. The third kappa shape index (κ3) is 2.20. The van der Waals surface area contributed by atoms with E-state index in [1.165, 1.54) is 12.8 Å². The molecule has 14 heavy (non-hydrogen) atoms. The van der Waals surface area contributed by atoms with Gasteiger partial charge < -0.3 is 5.32 Å². The molecule has 4 nitrogen and oxygen atoms in total. The normalized spacial score (nSPS) is 15.2. The van der Waals surface area contributed by atoms with Crippen molar-refractivity contribution in [3.05, 3.63) is 18.2 Å². The third-order valence-electron chi connectivity index (χ3n) is 2.02. The molecule has 0 bridgehead atoms. The van der Waals surface area contributed by atoms with E-state index in [9.17, 15) is 4.79 Å². The van der Waals surface area contributed by atoms with Gasteiger partial charge in [0.05, 0.1) is 18.1 Å². The number of nitrogens with one attached hydrogen (secondary N) is 1. The van der Waals surface area contributed by atoms with Crippen LogP contribution in [0.5, 0.6) is 0 Å². The summed E-state index contributed by atoms with van der Waals surface area (Å²) in [5.41, 5.74) is 0.597. The van der Waals surface area contributed by atoms with E-state index in [1.807, 2.05) is 0 Å². The summed E-state index contributed by atoms with van der Waals surface area (Å²) in [4.78, 5) is 19.2. The molecule has 5 heteroatoms. The van der Waals surface area contributed by atoms with Gasteiger partial charge in [-0.2, -0.15) is 0 Å². The SMILES string of the molecule is O=C(CCl)Nc1cnc(C2CC2)nc1. The molecule has 1 saturated carbocycles. The molecule has 2 rings (SSSR count). The molecule has 74 valence electrons. The fourth-order valence-corrected chi connectivity index (χ4v) is 1.22. The summed E-state index contributed by atoms with van der Waals surface area (Å²) in [5.74, 6) is 1.11. The molecule has 1 aliphatic rings. The van der Waals surface area contributed by atoms with Gasteiger partial charge in [0.1, 0.15) is 11.7 Å². The zero-order valence-corrected chi connectivity index (χ0v) is 8.29. The predicted molar refractivity (Wildman–Crippen MR) is 53.4 cm³/mol. The van der Waals surface area contributed by atoms with Crippen molar-refractivity contribution in [2.24, 2.45) is 0 Å². The van der Waals surface area contributed by atoms with E-state index >= 15 is 0 Å². The second-order valence-corrected chi connectivity index (χ2v) is 3.55. The van der Waals surface area contributed by atoms with Crippen molar-refractivity contribution in [3.8, 4) is 0 Å². The van der Waals surface area contributed by atoms with Crippen molar-refractivity contribution >= 4 is 23.2 Å². The van der Waals surface area contributed by atoms with E-state index in [4.69, 9.17) is 11.6 Å². The number of hydrogen-bond acceptors (Lipinski definition) is 3. The van der Waals surface area contributed by atoms with Gasteiger partial charge in [-0.25, -0.2) is 9.97 Å². The highest BCUT2D eigenvalue weighted by Gasteiger charge is 2.26. The Labute approximate surface area is 86.7 Å². The second kappa shape index (κ2) is 3.92. The Balaban J connectivity index is 2.02. The van der Waals surface area contributed by atoms with E-state index < -0.39 is 0 Å². The molecule has 0 radical (unpaired) electrons. The van der Waals surface area contributed by atoms with E-state index in [1.54, 1.807) is 12.4 Å². The quantitative estimate of drug-likeness (QED) is 0.772. The van der Waals surface area contributed by atoms with Gasteiger partial charge in [0.15, 0.2) is 0 Å². The zero-order valence-electron chi connectivity index (χ0n) is 7.53. The molecular weight excluding hydrogens is 202 g/mol. The number of rotatable bonds is 3. The summed E-state index contributed by atoms with van der Waals surface area (Å²) in [6.07, 6.45) is 5.58. The molecule has 0 aliphatic heterocycles. The van der Waals surface area contributed by atoms with Crippen LogP contribution in [0.15, 0.2) is 12.4 Å². The van der Waals surface area contributed by atoms with Crippen molar-refractivity contribution in [3.63, 3.8) is 0 Å². The Hall–Kier alpha value is -1.16. The predicted octanol–water partition coefficient (Wildman–Crippen LogP) is 1.53. The topological polar surface area (TPSA) is 54.9 Å². The van der Waals surface area contributed by atoms with Gasteiger partial charge in [0, 0.05) is 5.92 Å². The van der Waals surface area contributed by atoms with Gasteiger partial charge in [-0.15, -0.1) is 11.6 Å². The fraction of sp³-hybridized carbons (Fsp3) is 0.444. The number of carbonyl (C=O) groups is 1. The Kier molecular flexibility index (Phi) is 2.63. The van der Waals surface area contributed by atoms with Gasteiger partial charge in [0.25, 0.3) is 0 Å². The standard InChI is InChI=1S/C9H10ClN3O/c10-3-8(14)13-7-4-11-9(12-5-7)6-1-2-6/h4-6H,1-3H2,(H,13,14). The molecule has 1 N–H and O–H groups in total. The lowest BCUT2D eigenvalue weighted by atomic mass is 10.4. The third-order valence-corrected chi connectivity index (χ3v) is 2.26. The lowest BCUT2D eigenvalue weighted by molar-refractivity contribution is -0.113. The minimum Gasteiger partial charge on any atom is -0.322 e. The zero-order chi connectivity index (χ0) is 9.97. The maximum Gasteiger partial charge on any atom is 0.239 e. The van der Waals surface area contributed by atoms with Gasteiger partial charge >= 0.3 is 0 Å². The van der Waals surface area contributed by atoms with Crippen molar-refractivity contribution < 1.29 is 4.79 Å². The Morgan fingerprint density at radius 1 is 1.50 bits per heavy atom. The number of hydrogen-bond donors (Lipinski definition) is 1. The minimum absolute atomic E-state index is 0.0512. The van der Waals surface area contributed by atoms with E-state index in [0.717, 1.165) is 5.82 Å². The number of carbonyl (C=O) groups excluding carboxylic acids is 1. The molecule has 0 spiro atoms. The molecule has 0 unspecified atom stereocenters.